The first-order chi connectivity index (χ1) is 11.5. The average molecular weight is 337 g/mol. The monoisotopic (exact) mass is 337 g/mol. The Hall–Kier alpha value is -2.66. The summed E-state index contributed by atoms with van der Waals surface area (Å²) in [6, 6.07) is 13.9. The van der Waals surface area contributed by atoms with Crippen molar-refractivity contribution in [3.8, 4) is 11.1 Å². The zero-order valence-electron chi connectivity index (χ0n) is 13.7. The molecule has 0 bridgehead atoms. The largest absolute Gasteiger partial charge is 0.370 e. The fourth-order valence-corrected chi connectivity index (χ4v) is 4.00. The van der Waals surface area contributed by atoms with Gasteiger partial charge in [0.25, 0.3) is 5.91 Å². The number of amides is 1. The molecule has 3 rings (SSSR count). The number of benzene rings is 2. The van der Waals surface area contributed by atoms with Gasteiger partial charge in [-0.05, 0) is 42.7 Å². The second kappa shape index (κ2) is 6.45. The normalized spacial score (nSPS) is 10.8. The Kier molecular flexibility index (Phi) is 4.36. The molecule has 0 fully saturated rings. The summed E-state index contributed by atoms with van der Waals surface area (Å²) in [5, 5.41) is 1.07. The Bertz CT molecular complexity index is 952. The molecule has 0 saturated heterocycles. The predicted octanol–water partition coefficient (Wildman–Crippen LogP) is 3.85. The van der Waals surface area contributed by atoms with E-state index in [1.165, 1.54) is 21.6 Å². The van der Waals surface area contributed by atoms with Crippen LogP contribution < -0.4 is 11.5 Å². The molecule has 0 atom stereocenters. The molecule has 1 aromatic heterocycles. The molecule has 1 amide bonds. The molecule has 4 N–H and O–H groups in total. The maximum atomic E-state index is 12.1. The van der Waals surface area contributed by atoms with Gasteiger partial charge in [-0.1, -0.05) is 31.2 Å². The average Bonchev–Trinajstić information content (AvgIpc) is 2.92. The van der Waals surface area contributed by atoms with Gasteiger partial charge in [-0.2, -0.15) is 4.99 Å². The number of nitrogens with zero attached hydrogens (tertiary/aromatic N) is 1. The van der Waals surface area contributed by atoms with Gasteiger partial charge >= 0.3 is 0 Å². The minimum atomic E-state index is -0.420. The number of thiophene rings is 1. The van der Waals surface area contributed by atoms with Gasteiger partial charge in [-0.15, -0.1) is 11.3 Å². The maximum absolute atomic E-state index is 12.1. The standard InChI is InChI=1S/C19H19N3OS/c1-3-15-17(13-7-5-4-6-11(13)2)14-10-12(8-9-16(14)24-15)18(23)22-19(20)21/h4-10H,3H2,1-2H3,(H4,20,21,22,23). The van der Waals surface area contributed by atoms with Crippen LogP contribution in [0.25, 0.3) is 21.2 Å². The molecule has 3 aromatic rings. The molecular weight excluding hydrogens is 318 g/mol. The summed E-state index contributed by atoms with van der Waals surface area (Å²) in [5.41, 5.74) is 14.7. The van der Waals surface area contributed by atoms with E-state index in [-0.39, 0.29) is 5.96 Å². The highest BCUT2D eigenvalue weighted by Gasteiger charge is 2.16. The van der Waals surface area contributed by atoms with E-state index in [2.05, 4.69) is 31.0 Å². The topological polar surface area (TPSA) is 81.5 Å². The first-order valence-corrected chi connectivity index (χ1v) is 8.58. The van der Waals surface area contributed by atoms with Crippen LogP contribution >= 0.6 is 11.3 Å². The van der Waals surface area contributed by atoms with Gasteiger partial charge in [0.05, 0.1) is 0 Å². The number of guanidine groups is 1. The van der Waals surface area contributed by atoms with Crippen LogP contribution in [0, 0.1) is 6.92 Å². The van der Waals surface area contributed by atoms with E-state index in [9.17, 15) is 4.79 Å². The third-order valence-corrected chi connectivity index (χ3v) is 5.29. The Morgan fingerprint density at radius 2 is 1.92 bits per heavy atom. The van der Waals surface area contributed by atoms with Gasteiger partial charge in [-0.25, -0.2) is 0 Å². The summed E-state index contributed by atoms with van der Waals surface area (Å²) in [6.07, 6.45) is 0.945. The van der Waals surface area contributed by atoms with E-state index in [0.717, 1.165) is 16.5 Å². The van der Waals surface area contributed by atoms with Crippen molar-refractivity contribution in [1.82, 2.24) is 0 Å². The zero-order valence-corrected chi connectivity index (χ0v) is 14.5. The Morgan fingerprint density at radius 1 is 1.17 bits per heavy atom. The number of carbonyl (C=O) groups excluding carboxylic acids is 1. The molecule has 0 radical (unpaired) electrons. The van der Waals surface area contributed by atoms with E-state index in [1.807, 2.05) is 24.3 Å². The summed E-state index contributed by atoms with van der Waals surface area (Å²) in [5.74, 6) is -0.643. The second-order valence-electron chi connectivity index (χ2n) is 5.62. The molecule has 1 heterocycles. The highest BCUT2D eigenvalue weighted by Crippen LogP contribution is 2.40. The minimum Gasteiger partial charge on any atom is -0.370 e. The van der Waals surface area contributed by atoms with Crippen LogP contribution in [0.3, 0.4) is 0 Å². The number of rotatable bonds is 3. The molecule has 0 aliphatic rings. The minimum absolute atomic E-state index is 0.223. The van der Waals surface area contributed by atoms with Gasteiger partial charge in [0.2, 0.25) is 0 Å². The number of fused-ring (bicyclic) bond motifs is 1. The molecule has 2 aromatic carbocycles. The van der Waals surface area contributed by atoms with Crippen molar-refractivity contribution < 1.29 is 4.79 Å². The fraction of sp³-hybridized carbons (Fsp3) is 0.158. The van der Waals surface area contributed by atoms with Crippen molar-refractivity contribution in [2.24, 2.45) is 16.5 Å². The van der Waals surface area contributed by atoms with Crippen molar-refractivity contribution in [3.63, 3.8) is 0 Å². The van der Waals surface area contributed by atoms with Gasteiger partial charge < -0.3 is 11.5 Å². The summed E-state index contributed by atoms with van der Waals surface area (Å²) < 4.78 is 1.16. The summed E-state index contributed by atoms with van der Waals surface area (Å²) in [7, 11) is 0. The van der Waals surface area contributed by atoms with E-state index < -0.39 is 5.91 Å². The lowest BCUT2D eigenvalue weighted by Crippen LogP contribution is -2.24. The predicted molar refractivity (Wildman–Crippen MR) is 102 cm³/mol. The second-order valence-corrected chi connectivity index (χ2v) is 6.76. The van der Waals surface area contributed by atoms with Crippen LogP contribution in [-0.4, -0.2) is 11.9 Å². The third kappa shape index (κ3) is 2.90. The van der Waals surface area contributed by atoms with Crippen LogP contribution in [-0.2, 0) is 6.42 Å². The molecule has 0 aliphatic carbocycles. The van der Waals surface area contributed by atoms with Crippen molar-refractivity contribution in [2.45, 2.75) is 20.3 Å². The highest BCUT2D eigenvalue weighted by atomic mass is 32.1. The lowest BCUT2D eigenvalue weighted by atomic mass is 9.96. The lowest BCUT2D eigenvalue weighted by Gasteiger charge is -2.08. The highest BCUT2D eigenvalue weighted by molar-refractivity contribution is 7.19. The smallest absolute Gasteiger partial charge is 0.280 e. The summed E-state index contributed by atoms with van der Waals surface area (Å²) in [4.78, 5) is 17.1. The molecule has 5 heteroatoms. The Morgan fingerprint density at radius 3 is 2.58 bits per heavy atom. The van der Waals surface area contributed by atoms with Gasteiger partial charge in [-0.3, -0.25) is 4.79 Å². The quantitative estimate of drug-likeness (QED) is 0.562. The first-order valence-electron chi connectivity index (χ1n) is 7.76. The van der Waals surface area contributed by atoms with Gasteiger partial charge in [0.15, 0.2) is 5.96 Å². The van der Waals surface area contributed by atoms with E-state index in [1.54, 1.807) is 17.4 Å². The van der Waals surface area contributed by atoms with Crippen LogP contribution in [0.4, 0.5) is 0 Å². The van der Waals surface area contributed by atoms with Gasteiger partial charge in [0, 0.05) is 26.1 Å². The number of hydrogen-bond donors (Lipinski definition) is 2. The molecule has 0 spiro atoms. The molecule has 0 unspecified atom stereocenters. The van der Waals surface area contributed by atoms with Crippen LogP contribution in [0.1, 0.15) is 27.7 Å². The first kappa shape index (κ1) is 16.2. The number of aliphatic imine (C=N–C) groups is 1. The summed E-state index contributed by atoms with van der Waals surface area (Å²) >= 11 is 1.77. The van der Waals surface area contributed by atoms with Gasteiger partial charge in [0.1, 0.15) is 0 Å². The third-order valence-electron chi connectivity index (χ3n) is 3.97. The molecule has 4 nitrogen and oxygen atoms in total. The SMILES string of the molecule is CCc1sc2ccc(C(=O)N=C(N)N)cc2c1-c1ccccc1C. The molecule has 24 heavy (non-hydrogen) atoms. The fourth-order valence-electron chi connectivity index (χ4n) is 2.86. The van der Waals surface area contributed by atoms with Crippen molar-refractivity contribution in [1.29, 1.82) is 0 Å². The number of aryl methyl sites for hydroxylation is 2. The Labute approximate surface area is 144 Å². The van der Waals surface area contributed by atoms with E-state index in [0.29, 0.717) is 5.56 Å². The number of carbonyl (C=O) groups is 1. The van der Waals surface area contributed by atoms with Crippen LogP contribution in [0.5, 0.6) is 0 Å². The van der Waals surface area contributed by atoms with Crippen LogP contribution in [0.2, 0.25) is 0 Å². The van der Waals surface area contributed by atoms with Crippen LogP contribution in [0.15, 0.2) is 47.5 Å². The van der Waals surface area contributed by atoms with E-state index >= 15 is 0 Å². The summed E-state index contributed by atoms with van der Waals surface area (Å²) in [6.45, 7) is 4.25. The van der Waals surface area contributed by atoms with E-state index in [4.69, 9.17) is 11.5 Å². The van der Waals surface area contributed by atoms with Crippen molar-refractivity contribution in [2.75, 3.05) is 0 Å². The van der Waals surface area contributed by atoms with Crippen molar-refractivity contribution >= 4 is 33.3 Å². The zero-order chi connectivity index (χ0) is 17.3. The lowest BCUT2D eigenvalue weighted by molar-refractivity contribution is 0.100. The molecule has 0 saturated carbocycles. The molecular formula is C19H19N3OS. The van der Waals surface area contributed by atoms with Crippen molar-refractivity contribution in [3.05, 3.63) is 58.5 Å². The molecule has 0 aliphatic heterocycles. The Balaban J connectivity index is 2.26. The number of nitrogens with two attached hydrogens (primary N) is 2. The number of hydrogen-bond acceptors (Lipinski definition) is 2. The molecule has 122 valence electrons. The maximum Gasteiger partial charge on any atom is 0.280 e.